The van der Waals surface area contributed by atoms with Crippen LogP contribution in [0.4, 0.5) is 0 Å². The molecule has 0 aliphatic rings. The van der Waals surface area contributed by atoms with Crippen molar-refractivity contribution < 1.29 is 4.74 Å². The third-order valence-corrected chi connectivity index (χ3v) is 2.65. The average molecular weight is 306 g/mol. The van der Waals surface area contributed by atoms with Gasteiger partial charge in [-0.1, -0.05) is 6.58 Å². The van der Waals surface area contributed by atoms with Gasteiger partial charge in [-0.15, -0.1) is 0 Å². The third kappa shape index (κ3) is 4.04. The average Bonchev–Trinajstić information content (AvgIpc) is 2.16. The zero-order valence-corrected chi connectivity index (χ0v) is 10.2. The molecule has 0 aliphatic carbocycles. The number of thiol groups is 1. The van der Waals surface area contributed by atoms with E-state index in [1.807, 2.05) is 24.3 Å². The van der Waals surface area contributed by atoms with Crippen LogP contribution in [0.3, 0.4) is 0 Å². The highest BCUT2D eigenvalue weighted by Crippen LogP contribution is 2.14. The van der Waals surface area contributed by atoms with Gasteiger partial charge in [0, 0.05) is 9.32 Å². The van der Waals surface area contributed by atoms with E-state index in [9.17, 15) is 0 Å². The highest BCUT2D eigenvalue weighted by molar-refractivity contribution is 14.1. The Morgan fingerprint density at radius 2 is 2.00 bits per heavy atom. The first-order valence-electron chi connectivity index (χ1n) is 3.88. The molecule has 0 saturated carbocycles. The molecule has 13 heavy (non-hydrogen) atoms. The first-order valence-corrected chi connectivity index (χ1v) is 5.59. The van der Waals surface area contributed by atoms with Crippen LogP contribution in [0.2, 0.25) is 0 Å². The number of rotatable bonds is 4. The molecule has 0 amide bonds. The third-order valence-electron chi connectivity index (χ3n) is 1.48. The number of hydrogen-bond acceptors (Lipinski definition) is 2. The summed E-state index contributed by atoms with van der Waals surface area (Å²) in [6.45, 7) is 4.35. The van der Waals surface area contributed by atoms with Crippen molar-refractivity contribution in [1.29, 1.82) is 0 Å². The molecule has 0 saturated heterocycles. The van der Waals surface area contributed by atoms with Crippen LogP contribution in [-0.4, -0.2) is 12.4 Å². The molecule has 0 spiro atoms. The van der Waals surface area contributed by atoms with E-state index in [-0.39, 0.29) is 0 Å². The van der Waals surface area contributed by atoms with Crippen LogP contribution < -0.4 is 4.74 Å². The van der Waals surface area contributed by atoms with Crippen molar-refractivity contribution in [2.45, 2.75) is 0 Å². The maximum Gasteiger partial charge on any atom is 0.119 e. The molecule has 0 N–H and O–H groups in total. The molecular weight excluding hydrogens is 295 g/mol. The molecule has 0 aromatic heterocycles. The summed E-state index contributed by atoms with van der Waals surface area (Å²) in [6.07, 6.45) is 0. The van der Waals surface area contributed by atoms with Gasteiger partial charge in [0.15, 0.2) is 0 Å². The summed E-state index contributed by atoms with van der Waals surface area (Å²) in [5.41, 5.74) is 0.988. The maximum absolute atomic E-state index is 5.46. The van der Waals surface area contributed by atoms with Gasteiger partial charge in [-0.3, -0.25) is 0 Å². The lowest BCUT2D eigenvalue weighted by atomic mass is 10.3. The minimum absolute atomic E-state index is 0.546. The van der Waals surface area contributed by atoms with Crippen LogP contribution in [0, 0.1) is 3.57 Å². The van der Waals surface area contributed by atoms with Gasteiger partial charge in [0.1, 0.15) is 12.4 Å². The predicted molar refractivity (Wildman–Crippen MR) is 67.6 cm³/mol. The smallest absolute Gasteiger partial charge is 0.119 e. The topological polar surface area (TPSA) is 9.23 Å². The lowest BCUT2D eigenvalue weighted by molar-refractivity contribution is 0.353. The number of ether oxygens (including phenoxy) is 1. The Kier molecular flexibility index (Phi) is 4.66. The van der Waals surface area contributed by atoms with Crippen LogP contribution in [0.15, 0.2) is 36.4 Å². The lowest BCUT2D eigenvalue weighted by Crippen LogP contribution is -2.00. The van der Waals surface area contributed by atoms with Crippen molar-refractivity contribution in [2.75, 3.05) is 12.4 Å². The van der Waals surface area contributed by atoms with E-state index in [0.717, 1.165) is 11.3 Å². The van der Waals surface area contributed by atoms with Crippen molar-refractivity contribution in [3.05, 3.63) is 40.0 Å². The Labute approximate surface area is 97.7 Å². The molecule has 0 aliphatic heterocycles. The number of halogens is 1. The summed E-state index contributed by atoms with van der Waals surface area (Å²) >= 11 is 6.36. The quantitative estimate of drug-likeness (QED) is 0.511. The van der Waals surface area contributed by atoms with Gasteiger partial charge >= 0.3 is 0 Å². The summed E-state index contributed by atoms with van der Waals surface area (Å²) in [6, 6.07) is 7.93. The second kappa shape index (κ2) is 5.54. The van der Waals surface area contributed by atoms with Gasteiger partial charge in [0.05, 0.1) is 0 Å². The molecule has 1 nitrogen and oxygen atoms in total. The zero-order chi connectivity index (χ0) is 9.68. The number of hydrogen-bond donors (Lipinski definition) is 1. The van der Waals surface area contributed by atoms with Crippen molar-refractivity contribution in [1.82, 2.24) is 0 Å². The second-order valence-electron chi connectivity index (χ2n) is 2.65. The molecule has 70 valence electrons. The van der Waals surface area contributed by atoms with Crippen LogP contribution in [0.1, 0.15) is 0 Å². The first kappa shape index (κ1) is 10.9. The Morgan fingerprint density at radius 3 is 2.54 bits per heavy atom. The van der Waals surface area contributed by atoms with E-state index < -0.39 is 0 Å². The molecule has 0 atom stereocenters. The van der Waals surface area contributed by atoms with Gasteiger partial charge < -0.3 is 4.74 Å². The number of benzene rings is 1. The fraction of sp³-hybridized carbons (Fsp3) is 0.200. The molecule has 0 radical (unpaired) electrons. The Bertz CT molecular complexity index is 281. The van der Waals surface area contributed by atoms with E-state index in [2.05, 4.69) is 41.8 Å². The molecule has 1 rings (SSSR count). The standard InChI is InChI=1S/C10H11IOS/c1-8(7-13)6-12-10-4-2-9(11)3-5-10/h2-5,13H,1,6-7H2. The summed E-state index contributed by atoms with van der Waals surface area (Å²) in [5.74, 6) is 1.55. The Morgan fingerprint density at radius 1 is 1.38 bits per heavy atom. The molecular formula is C10H11IOS. The van der Waals surface area contributed by atoms with E-state index in [4.69, 9.17) is 4.74 Å². The van der Waals surface area contributed by atoms with Gasteiger partial charge in [0.2, 0.25) is 0 Å². The summed E-state index contributed by atoms with van der Waals surface area (Å²) < 4.78 is 6.67. The van der Waals surface area contributed by atoms with Crippen LogP contribution in [0.25, 0.3) is 0 Å². The molecule has 1 aromatic carbocycles. The normalized spacial score (nSPS) is 9.69. The van der Waals surface area contributed by atoms with Crippen LogP contribution in [-0.2, 0) is 0 Å². The second-order valence-corrected chi connectivity index (χ2v) is 4.21. The predicted octanol–water partition coefficient (Wildman–Crippen LogP) is 3.16. The summed E-state index contributed by atoms with van der Waals surface area (Å²) in [4.78, 5) is 0. The van der Waals surface area contributed by atoms with Gasteiger partial charge in [-0.05, 0) is 52.4 Å². The van der Waals surface area contributed by atoms with Crippen molar-refractivity contribution in [3.63, 3.8) is 0 Å². The van der Waals surface area contributed by atoms with E-state index in [0.29, 0.717) is 12.4 Å². The Balaban J connectivity index is 2.46. The van der Waals surface area contributed by atoms with E-state index >= 15 is 0 Å². The fourth-order valence-electron chi connectivity index (χ4n) is 0.762. The maximum atomic E-state index is 5.46. The van der Waals surface area contributed by atoms with Crippen molar-refractivity contribution in [3.8, 4) is 5.75 Å². The van der Waals surface area contributed by atoms with E-state index in [1.165, 1.54) is 3.57 Å². The zero-order valence-electron chi connectivity index (χ0n) is 7.16. The van der Waals surface area contributed by atoms with Crippen molar-refractivity contribution in [2.24, 2.45) is 0 Å². The molecule has 0 bridgehead atoms. The molecule has 0 heterocycles. The molecule has 0 fully saturated rings. The van der Waals surface area contributed by atoms with Gasteiger partial charge in [-0.2, -0.15) is 12.6 Å². The minimum atomic E-state index is 0.546. The minimum Gasteiger partial charge on any atom is -0.489 e. The lowest BCUT2D eigenvalue weighted by Gasteiger charge is -2.06. The SMILES string of the molecule is C=C(CS)COc1ccc(I)cc1. The van der Waals surface area contributed by atoms with Crippen molar-refractivity contribution >= 4 is 35.2 Å². The molecule has 3 heteroatoms. The van der Waals surface area contributed by atoms with Crippen LogP contribution >= 0.6 is 35.2 Å². The first-order chi connectivity index (χ1) is 6.22. The van der Waals surface area contributed by atoms with Crippen LogP contribution in [0.5, 0.6) is 5.75 Å². The van der Waals surface area contributed by atoms with E-state index in [1.54, 1.807) is 0 Å². The highest BCUT2D eigenvalue weighted by Gasteiger charge is 1.94. The molecule has 0 unspecified atom stereocenters. The van der Waals surface area contributed by atoms with Gasteiger partial charge in [-0.25, -0.2) is 0 Å². The fourth-order valence-corrected chi connectivity index (χ4v) is 1.21. The molecule has 1 aromatic rings. The Hall–Kier alpha value is -0.160. The largest absolute Gasteiger partial charge is 0.489 e. The highest BCUT2D eigenvalue weighted by atomic mass is 127. The summed E-state index contributed by atoms with van der Waals surface area (Å²) in [5, 5.41) is 0. The monoisotopic (exact) mass is 306 g/mol. The van der Waals surface area contributed by atoms with Gasteiger partial charge in [0.25, 0.3) is 0 Å². The summed E-state index contributed by atoms with van der Waals surface area (Å²) in [7, 11) is 0.